The van der Waals surface area contributed by atoms with E-state index >= 15 is 0 Å². The fourth-order valence-corrected chi connectivity index (χ4v) is 3.65. The molecule has 2 aliphatic rings. The molecule has 0 amide bonds. The molecule has 0 N–H and O–H groups in total. The van der Waals surface area contributed by atoms with Gasteiger partial charge in [-0.15, -0.1) is 20.4 Å². The third-order valence-corrected chi connectivity index (χ3v) is 4.95. The Labute approximate surface area is 121 Å². The Balaban J connectivity index is 1.66. The van der Waals surface area contributed by atoms with Crippen molar-refractivity contribution in [3.05, 3.63) is 11.6 Å². The van der Waals surface area contributed by atoms with E-state index in [1.165, 1.54) is 77.0 Å². The van der Waals surface area contributed by atoms with Crippen LogP contribution in [0.3, 0.4) is 0 Å². The molecule has 4 nitrogen and oxygen atoms in total. The topological polar surface area (TPSA) is 51.6 Å². The van der Waals surface area contributed by atoms with E-state index in [0.717, 1.165) is 11.6 Å². The molecule has 2 aliphatic carbocycles. The summed E-state index contributed by atoms with van der Waals surface area (Å²) in [7, 11) is 0. The van der Waals surface area contributed by atoms with E-state index in [-0.39, 0.29) is 0 Å². The van der Waals surface area contributed by atoms with E-state index in [4.69, 9.17) is 0 Å². The third kappa shape index (κ3) is 3.53. The summed E-state index contributed by atoms with van der Waals surface area (Å²) < 4.78 is 0. The summed E-state index contributed by atoms with van der Waals surface area (Å²) in [6.45, 7) is 0. The normalized spacial score (nSPS) is 23.2. The predicted molar refractivity (Wildman–Crippen MR) is 78.5 cm³/mol. The second-order valence-electron chi connectivity index (χ2n) is 6.49. The molecule has 0 atom stereocenters. The maximum absolute atomic E-state index is 4.43. The highest BCUT2D eigenvalue weighted by molar-refractivity contribution is 4.97. The molecule has 0 bridgehead atoms. The van der Waals surface area contributed by atoms with Crippen LogP contribution in [0, 0.1) is 0 Å². The minimum absolute atomic E-state index is 0.501. The van der Waals surface area contributed by atoms with Crippen molar-refractivity contribution in [3.63, 3.8) is 0 Å². The van der Waals surface area contributed by atoms with E-state index in [1.54, 1.807) is 0 Å². The third-order valence-electron chi connectivity index (χ3n) is 4.95. The Hall–Kier alpha value is -1.06. The van der Waals surface area contributed by atoms with Crippen LogP contribution < -0.4 is 0 Å². The maximum Gasteiger partial charge on any atom is 0.176 e. The lowest BCUT2D eigenvalue weighted by molar-refractivity contribution is 0.499. The molecule has 0 aliphatic heterocycles. The molecule has 1 aromatic heterocycles. The van der Waals surface area contributed by atoms with Crippen molar-refractivity contribution < 1.29 is 0 Å². The quantitative estimate of drug-likeness (QED) is 0.760. The molecule has 1 heterocycles. The first-order valence-corrected chi connectivity index (χ1v) is 8.50. The minimum Gasteiger partial charge on any atom is -0.131 e. The summed E-state index contributed by atoms with van der Waals surface area (Å²) in [5, 5.41) is 17.7. The van der Waals surface area contributed by atoms with Crippen molar-refractivity contribution in [2.45, 2.75) is 88.9 Å². The lowest BCUT2D eigenvalue weighted by Gasteiger charge is -2.13. The number of hydrogen-bond donors (Lipinski definition) is 0. The summed E-state index contributed by atoms with van der Waals surface area (Å²) >= 11 is 0. The van der Waals surface area contributed by atoms with E-state index in [0.29, 0.717) is 11.8 Å². The molecular formula is C16H26N4. The standard InChI is InChI=1S/C16H26N4/c1-2-6-10-13(9-5-1)15-17-19-16(20-18-15)14-11-7-3-4-8-12-14/h13-14H,1-12H2. The molecule has 0 radical (unpaired) electrons. The second-order valence-corrected chi connectivity index (χ2v) is 6.49. The number of hydrogen-bond acceptors (Lipinski definition) is 4. The summed E-state index contributed by atoms with van der Waals surface area (Å²) in [5.41, 5.74) is 0. The van der Waals surface area contributed by atoms with Crippen LogP contribution in [0.4, 0.5) is 0 Å². The average molecular weight is 274 g/mol. The highest BCUT2D eigenvalue weighted by Gasteiger charge is 2.21. The van der Waals surface area contributed by atoms with Crippen LogP contribution in [-0.4, -0.2) is 20.4 Å². The van der Waals surface area contributed by atoms with Crippen molar-refractivity contribution in [2.75, 3.05) is 0 Å². The Morgan fingerprint density at radius 1 is 0.450 bits per heavy atom. The molecular weight excluding hydrogens is 248 g/mol. The van der Waals surface area contributed by atoms with Crippen LogP contribution >= 0.6 is 0 Å². The van der Waals surface area contributed by atoms with E-state index in [1.807, 2.05) is 0 Å². The summed E-state index contributed by atoms with van der Waals surface area (Å²) in [4.78, 5) is 0. The zero-order chi connectivity index (χ0) is 13.6. The van der Waals surface area contributed by atoms with Crippen molar-refractivity contribution in [2.24, 2.45) is 0 Å². The van der Waals surface area contributed by atoms with Crippen molar-refractivity contribution in [1.29, 1.82) is 0 Å². The van der Waals surface area contributed by atoms with Gasteiger partial charge < -0.3 is 0 Å². The van der Waals surface area contributed by atoms with Gasteiger partial charge in [0.15, 0.2) is 11.6 Å². The van der Waals surface area contributed by atoms with Crippen molar-refractivity contribution in [1.82, 2.24) is 20.4 Å². The van der Waals surface area contributed by atoms with Crippen molar-refractivity contribution in [3.8, 4) is 0 Å². The Morgan fingerprint density at radius 2 is 0.750 bits per heavy atom. The zero-order valence-corrected chi connectivity index (χ0v) is 12.4. The zero-order valence-electron chi connectivity index (χ0n) is 12.4. The molecule has 1 aromatic rings. The van der Waals surface area contributed by atoms with Gasteiger partial charge in [-0.1, -0.05) is 51.4 Å². The largest absolute Gasteiger partial charge is 0.176 e. The van der Waals surface area contributed by atoms with Crippen LogP contribution in [0.5, 0.6) is 0 Å². The highest BCUT2D eigenvalue weighted by Crippen LogP contribution is 2.31. The fourth-order valence-electron chi connectivity index (χ4n) is 3.65. The highest BCUT2D eigenvalue weighted by atomic mass is 15.3. The van der Waals surface area contributed by atoms with E-state index < -0.39 is 0 Å². The molecule has 0 spiro atoms. The van der Waals surface area contributed by atoms with Gasteiger partial charge in [0.25, 0.3) is 0 Å². The molecule has 0 saturated heterocycles. The molecule has 0 aromatic carbocycles. The van der Waals surface area contributed by atoms with Gasteiger partial charge in [0.05, 0.1) is 0 Å². The second kappa shape index (κ2) is 7.09. The summed E-state index contributed by atoms with van der Waals surface area (Å²) in [6.07, 6.45) is 15.5. The molecule has 0 unspecified atom stereocenters. The van der Waals surface area contributed by atoms with Crippen molar-refractivity contribution >= 4 is 0 Å². The Kier molecular flexibility index (Phi) is 4.93. The minimum atomic E-state index is 0.501. The van der Waals surface area contributed by atoms with Crippen LogP contribution in [0.2, 0.25) is 0 Å². The first kappa shape index (κ1) is 13.9. The first-order valence-electron chi connectivity index (χ1n) is 8.50. The lowest BCUT2D eigenvalue weighted by atomic mass is 9.99. The van der Waals surface area contributed by atoms with E-state index in [2.05, 4.69) is 20.4 Å². The monoisotopic (exact) mass is 274 g/mol. The van der Waals surface area contributed by atoms with Gasteiger partial charge in [0, 0.05) is 11.8 Å². The average Bonchev–Trinajstić information content (AvgIpc) is 2.92. The van der Waals surface area contributed by atoms with Gasteiger partial charge >= 0.3 is 0 Å². The van der Waals surface area contributed by atoms with Crippen LogP contribution in [0.15, 0.2) is 0 Å². The smallest absolute Gasteiger partial charge is 0.131 e. The SMILES string of the molecule is C1CCCC(c2nnc(C3CCCCCC3)nn2)CC1. The van der Waals surface area contributed by atoms with Gasteiger partial charge in [0.2, 0.25) is 0 Å². The van der Waals surface area contributed by atoms with Gasteiger partial charge in [-0.25, -0.2) is 0 Å². The van der Waals surface area contributed by atoms with Crippen LogP contribution in [0.25, 0.3) is 0 Å². The molecule has 3 rings (SSSR count). The Bertz CT molecular complexity index is 348. The Morgan fingerprint density at radius 3 is 1.05 bits per heavy atom. The van der Waals surface area contributed by atoms with Gasteiger partial charge in [-0.3, -0.25) is 0 Å². The predicted octanol–water partition coefficient (Wildman–Crippen LogP) is 4.14. The number of rotatable bonds is 2. The fraction of sp³-hybridized carbons (Fsp3) is 0.875. The van der Waals surface area contributed by atoms with Gasteiger partial charge in [-0.05, 0) is 25.7 Å². The summed E-state index contributed by atoms with van der Waals surface area (Å²) in [6, 6.07) is 0. The number of aromatic nitrogens is 4. The van der Waals surface area contributed by atoms with Crippen LogP contribution in [-0.2, 0) is 0 Å². The lowest BCUT2D eigenvalue weighted by Crippen LogP contribution is -2.12. The maximum atomic E-state index is 4.43. The molecule has 2 saturated carbocycles. The molecule has 20 heavy (non-hydrogen) atoms. The molecule has 110 valence electrons. The van der Waals surface area contributed by atoms with Gasteiger partial charge in [0.1, 0.15) is 0 Å². The number of nitrogens with zero attached hydrogens (tertiary/aromatic N) is 4. The van der Waals surface area contributed by atoms with Crippen LogP contribution in [0.1, 0.15) is 101 Å². The molecule has 2 fully saturated rings. The summed E-state index contributed by atoms with van der Waals surface area (Å²) in [5.74, 6) is 2.79. The van der Waals surface area contributed by atoms with E-state index in [9.17, 15) is 0 Å². The molecule has 4 heteroatoms. The first-order chi connectivity index (χ1) is 9.93. The van der Waals surface area contributed by atoms with Gasteiger partial charge in [-0.2, -0.15) is 0 Å².